The molecule has 2 heterocycles. The number of pyridine rings is 1. The summed E-state index contributed by atoms with van der Waals surface area (Å²) in [5.41, 5.74) is 1.43. The number of carbonyl (C=O) groups excluding carboxylic acids is 1. The number of likely N-dealkylation sites (tertiary alicyclic amines) is 1. The molecule has 1 saturated heterocycles. The Hall–Kier alpha value is -1.42. The number of nitrogens with one attached hydrogen (secondary N) is 1. The number of amides is 1. The third-order valence-electron chi connectivity index (χ3n) is 5.25. The molecule has 2 fully saturated rings. The Morgan fingerprint density at radius 2 is 1.91 bits per heavy atom. The summed E-state index contributed by atoms with van der Waals surface area (Å²) in [6, 6.07) is 6.62. The highest BCUT2D eigenvalue weighted by atomic mass is 16.1. The quantitative estimate of drug-likeness (QED) is 0.871. The van der Waals surface area contributed by atoms with Gasteiger partial charge in [0.15, 0.2) is 0 Å². The standard InChI is InChI=1S/C19H29N3O/c1-15-8-6-12-18(20-15)19(23)21-16-9-7-13-22(14-16)17-10-4-2-3-5-11-17/h6,8,12,16-17H,2-5,7,9-11,13-14H2,1H3,(H,21,23). The molecule has 3 rings (SSSR count). The van der Waals surface area contributed by atoms with Crippen molar-refractivity contribution in [3.8, 4) is 0 Å². The van der Waals surface area contributed by atoms with E-state index >= 15 is 0 Å². The van der Waals surface area contributed by atoms with Gasteiger partial charge in [-0.05, 0) is 51.3 Å². The minimum atomic E-state index is -0.0265. The third kappa shape index (κ3) is 4.54. The summed E-state index contributed by atoms with van der Waals surface area (Å²) in [5, 5.41) is 3.20. The Balaban J connectivity index is 1.56. The first-order valence-electron chi connectivity index (χ1n) is 9.21. The molecule has 1 aliphatic carbocycles. The molecule has 1 amide bonds. The number of nitrogens with zero attached hydrogens (tertiary/aromatic N) is 2. The van der Waals surface area contributed by atoms with E-state index in [4.69, 9.17) is 0 Å². The number of hydrogen-bond acceptors (Lipinski definition) is 3. The number of carbonyl (C=O) groups is 1. The Kier molecular flexibility index (Phi) is 5.65. The lowest BCUT2D eigenvalue weighted by Crippen LogP contribution is -2.51. The summed E-state index contributed by atoms with van der Waals surface area (Å²) >= 11 is 0. The second-order valence-electron chi connectivity index (χ2n) is 7.12. The van der Waals surface area contributed by atoms with Crippen molar-refractivity contribution in [3.63, 3.8) is 0 Å². The van der Waals surface area contributed by atoms with E-state index in [1.54, 1.807) is 6.07 Å². The molecule has 126 valence electrons. The lowest BCUT2D eigenvalue weighted by molar-refractivity contribution is 0.0856. The molecular weight excluding hydrogens is 286 g/mol. The van der Waals surface area contributed by atoms with Crippen molar-refractivity contribution in [1.29, 1.82) is 0 Å². The molecular formula is C19H29N3O. The molecule has 23 heavy (non-hydrogen) atoms. The van der Waals surface area contributed by atoms with Crippen LogP contribution in [0.3, 0.4) is 0 Å². The molecule has 2 aliphatic rings. The van der Waals surface area contributed by atoms with Crippen LogP contribution in [0.25, 0.3) is 0 Å². The van der Waals surface area contributed by atoms with Gasteiger partial charge in [-0.3, -0.25) is 9.69 Å². The fourth-order valence-corrected chi connectivity index (χ4v) is 4.01. The van der Waals surface area contributed by atoms with Crippen LogP contribution < -0.4 is 5.32 Å². The Morgan fingerprint density at radius 3 is 2.65 bits per heavy atom. The van der Waals surface area contributed by atoms with Crippen molar-refractivity contribution >= 4 is 5.91 Å². The molecule has 1 saturated carbocycles. The van der Waals surface area contributed by atoms with Gasteiger partial charge in [0.1, 0.15) is 5.69 Å². The molecule has 0 spiro atoms. The Bertz CT molecular complexity index is 523. The van der Waals surface area contributed by atoms with Gasteiger partial charge in [0, 0.05) is 24.3 Å². The van der Waals surface area contributed by atoms with Crippen LogP contribution >= 0.6 is 0 Å². The molecule has 1 atom stereocenters. The molecule has 1 unspecified atom stereocenters. The van der Waals surface area contributed by atoms with Crippen LogP contribution in [0.4, 0.5) is 0 Å². The summed E-state index contributed by atoms with van der Waals surface area (Å²) in [5.74, 6) is -0.0265. The Labute approximate surface area is 139 Å². The van der Waals surface area contributed by atoms with Gasteiger partial charge < -0.3 is 5.32 Å². The zero-order chi connectivity index (χ0) is 16.1. The zero-order valence-electron chi connectivity index (χ0n) is 14.3. The van der Waals surface area contributed by atoms with Gasteiger partial charge in [0.25, 0.3) is 5.91 Å². The SMILES string of the molecule is Cc1cccc(C(=O)NC2CCCN(C3CCCCCC3)C2)n1. The zero-order valence-corrected chi connectivity index (χ0v) is 14.3. The minimum Gasteiger partial charge on any atom is -0.347 e. The summed E-state index contributed by atoms with van der Waals surface area (Å²) in [6.07, 6.45) is 10.5. The van der Waals surface area contributed by atoms with Gasteiger partial charge in [0.05, 0.1) is 0 Å². The molecule has 0 aromatic carbocycles. The maximum atomic E-state index is 12.4. The van der Waals surface area contributed by atoms with Gasteiger partial charge in [-0.25, -0.2) is 4.98 Å². The predicted octanol–water partition coefficient (Wildman–Crippen LogP) is 3.31. The van der Waals surface area contributed by atoms with Gasteiger partial charge >= 0.3 is 0 Å². The van der Waals surface area contributed by atoms with Gasteiger partial charge in [-0.1, -0.05) is 31.7 Å². The predicted molar refractivity (Wildman–Crippen MR) is 92.5 cm³/mol. The molecule has 1 aliphatic heterocycles. The number of piperidine rings is 1. The molecule has 4 heteroatoms. The van der Waals surface area contributed by atoms with Gasteiger partial charge in [-0.2, -0.15) is 0 Å². The van der Waals surface area contributed by atoms with E-state index in [0.717, 1.165) is 24.7 Å². The first-order valence-corrected chi connectivity index (χ1v) is 9.21. The second kappa shape index (κ2) is 7.91. The summed E-state index contributed by atoms with van der Waals surface area (Å²) in [7, 11) is 0. The maximum Gasteiger partial charge on any atom is 0.270 e. The van der Waals surface area contributed by atoms with Crippen LogP contribution in [0.1, 0.15) is 67.5 Å². The average molecular weight is 315 g/mol. The second-order valence-corrected chi connectivity index (χ2v) is 7.12. The van der Waals surface area contributed by atoms with Crippen molar-refractivity contribution in [3.05, 3.63) is 29.6 Å². The smallest absolute Gasteiger partial charge is 0.270 e. The molecule has 1 aromatic heterocycles. The Morgan fingerprint density at radius 1 is 1.13 bits per heavy atom. The number of aryl methyl sites for hydroxylation is 1. The molecule has 1 N–H and O–H groups in total. The van der Waals surface area contributed by atoms with E-state index in [9.17, 15) is 4.79 Å². The minimum absolute atomic E-state index is 0.0265. The number of aromatic nitrogens is 1. The van der Waals surface area contributed by atoms with Crippen molar-refractivity contribution in [2.75, 3.05) is 13.1 Å². The summed E-state index contributed by atoms with van der Waals surface area (Å²) in [4.78, 5) is 19.4. The van der Waals surface area contributed by atoms with E-state index in [1.807, 2.05) is 19.1 Å². The molecule has 4 nitrogen and oxygen atoms in total. The van der Waals surface area contributed by atoms with Gasteiger partial charge in [0.2, 0.25) is 0 Å². The lowest BCUT2D eigenvalue weighted by Gasteiger charge is -2.38. The lowest BCUT2D eigenvalue weighted by atomic mass is 10.00. The van der Waals surface area contributed by atoms with E-state index in [2.05, 4.69) is 15.2 Å². The van der Waals surface area contributed by atoms with Crippen molar-refractivity contribution in [2.45, 2.75) is 70.4 Å². The average Bonchev–Trinajstić information content (AvgIpc) is 2.84. The normalized spacial score (nSPS) is 24.1. The first-order chi connectivity index (χ1) is 11.2. The van der Waals surface area contributed by atoms with Crippen LogP contribution in [0.5, 0.6) is 0 Å². The number of hydrogen-bond donors (Lipinski definition) is 1. The van der Waals surface area contributed by atoms with E-state index in [-0.39, 0.29) is 11.9 Å². The van der Waals surface area contributed by atoms with Crippen LogP contribution in [-0.2, 0) is 0 Å². The highest BCUT2D eigenvalue weighted by Crippen LogP contribution is 2.24. The molecule has 0 bridgehead atoms. The highest BCUT2D eigenvalue weighted by molar-refractivity contribution is 5.92. The van der Waals surface area contributed by atoms with E-state index in [0.29, 0.717) is 5.69 Å². The third-order valence-corrected chi connectivity index (χ3v) is 5.25. The highest BCUT2D eigenvalue weighted by Gasteiger charge is 2.27. The summed E-state index contributed by atoms with van der Waals surface area (Å²) in [6.45, 7) is 4.12. The monoisotopic (exact) mass is 315 g/mol. The fraction of sp³-hybridized carbons (Fsp3) is 0.684. The number of rotatable bonds is 3. The van der Waals surface area contributed by atoms with Gasteiger partial charge in [-0.15, -0.1) is 0 Å². The largest absolute Gasteiger partial charge is 0.347 e. The van der Waals surface area contributed by atoms with E-state index in [1.165, 1.54) is 51.5 Å². The first kappa shape index (κ1) is 16.4. The van der Waals surface area contributed by atoms with Crippen LogP contribution in [0.2, 0.25) is 0 Å². The topological polar surface area (TPSA) is 45.2 Å². The van der Waals surface area contributed by atoms with Crippen LogP contribution in [-0.4, -0.2) is 41.0 Å². The van der Waals surface area contributed by atoms with Crippen molar-refractivity contribution in [1.82, 2.24) is 15.2 Å². The fourth-order valence-electron chi connectivity index (χ4n) is 4.01. The van der Waals surface area contributed by atoms with Crippen molar-refractivity contribution < 1.29 is 4.79 Å². The van der Waals surface area contributed by atoms with Crippen molar-refractivity contribution in [2.24, 2.45) is 0 Å². The maximum absolute atomic E-state index is 12.4. The van der Waals surface area contributed by atoms with E-state index < -0.39 is 0 Å². The van der Waals surface area contributed by atoms with Crippen LogP contribution in [0.15, 0.2) is 18.2 Å². The molecule has 1 aromatic rings. The van der Waals surface area contributed by atoms with Crippen LogP contribution in [0, 0.1) is 6.92 Å². The summed E-state index contributed by atoms with van der Waals surface area (Å²) < 4.78 is 0. The molecule has 0 radical (unpaired) electrons.